The Morgan fingerprint density at radius 3 is 1.00 bits per heavy atom. The maximum absolute atomic E-state index is 8.00. The van der Waals surface area contributed by atoms with Crippen molar-refractivity contribution in [3.8, 4) is 0 Å². The first-order valence-corrected chi connectivity index (χ1v) is 11.0. The second kappa shape index (κ2) is 4.29. The molecule has 0 unspecified atom stereocenters. The Labute approximate surface area is 85.3 Å². The molecule has 62 valence electrons. The summed E-state index contributed by atoms with van der Waals surface area (Å²) in [6, 6.07) is 0. The van der Waals surface area contributed by atoms with Crippen LogP contribution in [0.2, 0.25) is 39.3 Å². The molecule has 0 aromatic rings. The fourth-order valence-electron chi connectivity index (χ4n) is 1.30. The van der Waals surface area contributed by atoms with Gasteiger partial charge in [0.25, 0.3) is 0 Å². The van der Waals surface area contributed by atoms with Crippen LogP contribution in [-0.4, -0.2) is 21.4 Å². The van der Waals surface area contributed by atoms with Crippen LogP contribution >= 0.6 is 0 Å². The molecule has 0 saturated heterocycles. The van der Waals surface area contributed by atoms with Gasteiger partial charge in [-0.3, -0.25) is 0 Å². The zero-order valence-corrected chi connectivity index (χ0v) is 11.1. The van der Waals surface area contributed by atoms with Gasteiger partial charge in [0.2, 0.25) is 0 Å². The third-order valence-electron chi connectivity index (χ3n) is 1.73. The Bertz CT molecular complexity index is 101. The van der Waals surface area contributed by atoms with Crippen molar-refractivity contribution in [2.24, 2.45) is 0 Å². The molecule has 1 nitrogen and oxygen atoms in total. The van der Waals surface area contributed by atoms with Gasteiger partial charge in [0.15, 0.2) is 0 Å². The van der Waals surface area contributed by atoms with Crippen molar-refractivity contribution in [3.05, 3.63) is 5.73 Å². The first-order valence-electron chi connectivity index (χ1n) is 3.87. The van der Waals surface area contributed by atoms with Gasteiger partial charge in [0.1, 0.15) is 0 Å². The van der Waals surface area contributed by atoms with E-state index in [0.717, 1.165) is 0 Å². The van der Waals surface area contributed by atoms with Crippen molar-refractivity contribution < 1.29 is 18.9 Å². The van der Waals surface area contributed by atoms with Crippen molar-refractivity contribution in [3.63, 3.8) is 0 Å². The van der Waals surface area contributed by atoms with Gasteiger partial charge in [-0.05, 0) is 0 Å². The molecule has 4 heteroatoms. The molecule has 0 aliphatic heterocycles. The van der Waals surface area contributed by atoms with E-state index in [2.05, 4.69) is 39.3 Å². The van der Waals surface area contributed by atoms with E-state index in [-0.39, 0.29) is 18.9 Å². The Balaban J connectivity index is 0. The maximum atomic E-state index is 8.00. The van der Waals surface area contributed by atoms with Crippen LogP contribution in [0.25, 0.3) is 5.73 Å². The summed E-state index contributed by atoms with van der Waals surface area (Å²) in [6.07, 6.45) is 0. The van der Waals surface area contributed by atoms with Gasteiger partial charge in [-0.15, -0.1) is 5.29 Å². The van der Waals surface area contributed by atoms with E-state index in [1.807, 2.05) is 0 Å². The number of hydrogen-bond acceptors (Lipinski definition) is 0. The molecule has 0 atom stereocenters. The van der Waals surface area contributed by atoms with Crippen LogP contribution in [0.5, 0.6) is 0 Å². The van der Waals surface area contributed by atoms with E-state index in [9.17, 15) is 0 Å². The monoisotopic (exact) mass is 181 g/mol. The van der Waals surface area contributed by atoms with Gasteiger partial charge in [0, 0.05) is 16.1 Å². The molecule has 0 aliphatic carbocycles. The number of nitrogens with one attached hydrogen (secondary N) is 1. The van der Waals surface area contributed by atoms with Crippen LogP contribution in [0.15, 0.2) is 0 Å². The van der Waals surface area contributed by atoms with Crippen LogP contribution in [0.4, 0.5) is 0 Å². The van der Waals surface area contributed by atoms with Gasteiger partial charge in [-0.2, -0.15) is 0 Å². The summed E-state index contributed by atoms with van der Waals surface area (Å²) >= 11 is 0. The van der Waals surface area contributed by atoms with Gasteiger partial charge < -0.3 is 5.73 Å². The van der Waals surface area contributed by atoms with E-state index >= 15 is 0 Å². The number of hydrogen-bond donors (Lipinski definition) is 0. The summed E-state index contributed by atoms with van der Waals surface area (Å²) in [6.45, 7) is 13.8. The molecular weight excluding hydrogens is 161 g/mol. The van der Waals surface area contributed by atoms with Crippen LogP contribution in [0, 0.1) is 0 Å². The molecule has 1 N–H and O–H groups in total. The summed E-state index contributed by atoms with van der Waals surface area (Å²) < 4.78 is 0. The van der Waals surface area contributed by atoms with Gasteiger partial charge in [0.05, 0.1) is 0 Å². The fraction of sp³-hybridized carbons (Fsp3) is 1.00. The van der Waals surface area contributed by atoms with Crippen LogP contribution < -0.4 is 18.9 Å². The predicted molar refractivity (Wildman–Crippen MR) is 54.8 cm³/mol. The molecule has 0 heterocycles. The molecule has 0 aromatic carbocycles. The quantitative estimate of drug-likeness (QED) is 0.542. The number of rotatable bonds is 2. The van der Waals surface area contributed by atoms with Crippen molar-refractivity contribution in [1.29, 1.82) is 0 Å². The molecular formula is C7H20LiNSi2. The SMILES string of the molecule is C[Si](C)(C)C([NH-])[Si](C)(C)C.[Li+]. The minimum atomic E-state index is -1.17. The molecule has 0 spiro atoms. The van der Waals surface area contributed by atoms with Crippen molar-refractivity contribution >= 4 is 16.1 Å². The molecule has 0 fully saturated rings. The third-order valence-corrected chi connectivity index (χ3v) is 10.4. The van der Waals surface area contributed by atoms with Gasteiger partial charge >= 0.3 is 18.9 Å². The van der Waals surface area contributed by atoms with E-state index in [1.165, 1.54) is 0 Å². The topological polar surface area (TPSA) is 23.8 Å². The molecule has 0 bridgehead atoms. The maximum Gasteiger partial charge on any atom is 1.00 e. The molecule has 0 aliphatic rings. The van der Waals surface area contributed by atoms with E-state index < -0.39 is 16.1 Å². The third kappa shape index (κ3) is 5.26. The zero-order valence-electron chi connectivity index (χ0n) is 9.08. The first kappa shape index (κ1) is 14.5. The normalized spacial score (nSPS) is 13.1. The minimum absolute atomic E-state index is 0. The fourth-order valence-corrected chi connectivity index (χ4v) is 11.7. The molecule has 0 radical (unpaired) electrons. The van der Waals surface area contributed by atoms with Crippen LogP contribution in [0.1, 0.15) is 0 Å². The van der Waals surface area contributed by atoms with E-state index in [0.29, 0.717) is 5.29 Å². The second-order valence-corrected chi connectivity index (χ2v) is 16.4. The van der Waals surface area contributed by atoms with Gasteiger partial charge in [-0.25, -0.2) is 0 Å². The van der Waals surface area contributed by atoms with Crippen molar-refractivity contribution in [2.75, 3.05) is 0 Å². The summed E-state index contributed by atoms with van der Waals surface area (Å²) in [7, 11) is -2.34. The minimum Gasteiger partial charge on any atom is -0.679 e. The molecule has 0 aromatic heterocycles. The van der Waals surface area contributed by atoms with Gasteiger partial charge in [-0.1, -0.05) is 39.3 Å². The summed E-state index contributed by atoms with van der Waals surface area (Å²) in [5.41, 5.74) is 8.00. The Hall–Kier alpha value is 0.991. The Morgan fingerprint density at radius 2 is 1.00 bits per heavy atom. The van der Waals surface area contributed by atoms with E-state index in [4.69, 9.17) is 5.73 Å². The second-order valence-electron chi connectivity index (χ2n) is 5.17. The van der Waals surface area contributed by atoms with Crippen molar-refractivity contribution in [2.45, 2.75) is 44.6 Å². The standard InChI is InChI=1S/C7H20NSi2.Li/c1-9(2,3)7(8)10(4,5)6;/h7-8H,1-6H3;/q-1;+1. The summed E-state index contributed by atoms with van der Waals surface area (Å²) in [5.74, 6) is 0. The smallest absolute Gasteiger partial charge is 0.679 e. The predicted octanol–water partition coefficient (Wildman–Crippen LogP) is 0.166. The molecule has 0 amide bonds. The Morgan fingerprint density at radius 1 is 0.818 bits per heavy atom. The largest absolute Gasteiger partial charge is 1.00 e. The molecule has 11 heavy (non-hydrogen) atoms. The summed E-state index contributed by atoms with van der Waals surface area (Å²) in [4.78, 5) is 0. The van der Waals surface area contributed by atoms with Crippen LogP contribution in [-0.2, 0) is 0 Å². The first-order chi connectivity index (χ1) is 4.15. The summed E-state index contributed by atoms with van der Waals surface area (Å²) in [5, 5.41) is 0.292. The van der Waals surface area contributed by atoms with E-state index in [1.54, 1.807) is 0 Å². The van der Waals surface area contributed by atoms with Crippen molar-refractivity contribution in [1.82, 2.24) is 0 Å². The average molecular weight is 181 g/mol. The van der Waals surface area contributed by atoms with Crippen LogP contribution in [0.3, 0.4) is 0 Å². The molecule has 0 saturated carbocycles. The Kier molecular flexibility index (Phi) is 5.66. The zero-order chi connectivity index (χ0) is 8.58. The molecule has 0 rings (SSSR count). The average Bonchev–Trinajstić information content (AvgIpc) is 1.59.